The Morgan fingerprint density at radius 1 is 0.611 bits per heavy atom. The smallest absolute Gasteiger partial charge is 0.157 e. The van der Waals surface area contributed by atoms with Crippen LogP contribution in [0.3, 0.4) is 0 Å². The first-order valence-electron chi connectivity index (χ1n) is 7.44. The molecule has 0 heterocycles. The molecule has 0 radical (unpaired) electrons. The second-order valence-electron chi connectivity index (χ2n) is 4.87. The van der Waals surface area contributed by atoms with Gasteiger partial charge in [-0.1, -0.05) is 67.7 Å². The van der Waals surface area contributed by atoms with Crippen LogP contribution in [-0.2, 0) is 9.47 Å². The van der Waals surface area contributed by atoms with E-state index < -0.39 is 0 Å². The average Bonchev–Trinajstić information content (AvgIpc) is 2.38. The lowest BCUT2D eigenvalue weighted by Crippen LogP contribution is -2.23. The third-order valence-corrected chi connectivity index (χ3v) is 3.68. The van der Waals surface area contributed by atoms with Crippen LogP contribution in [0.15, 0.2) is 0 Å². The molecule has 2 heteroatoms. The Morgan fingerprint density at radius 3 is 1.17 bits per heavy atom. The molecule has 0 aromatic heterocycles. The third-order valence-electron chi connectivity index (χ3n) is 3.68. The van der Waals surface area contributed by atoms with Crippen molar-refractivity contribution in [3.05, 3.63) is 0 Å². The summed E-state index contributed by atoms with van der Waals surface area (Å²) in [6.45, 7) is 12.7. The molecule has 0 saturated carbocycles. The van der Waals surface area contributed by atoms with Crippen molar-refractivity contribution in [2.45, 2.75) is 80.4 Å². The minimum atomic E-state index is -0.00352. The molecule has 0 N–H and O–H groups in total. The normalized spacial score (nSPS) is 11.3. The highest BCUT2D eigenvalue weighted by Gasteiger charge is 2.12. The van der Waals surface area contributed by atoms with Crippen LogP contribution in [0.2, 0.25) is 0 Å². The Balaban J connectivity index is 0. The molecule has 0 spiro atoms. The summed E-state index contributed by atoms with van der Waals surface area (Å²) in [7, 11) is 0. The summed E-state index contributed by atoms with van der Waals surface area (Å²) in [5.41, 5.74) is 0. The van der Waals surface area contributed by atoms with Crippen LogP contribution in [0.25, 0.3) is 0 Å². The molecule has 0 atom stereocenters. The first-order chi connectivity index (χ1) is 8.21. The second kappa shape index (κ2) is 13.4. The van der Waals surface area contributed by atoms with E-state index in [1.54, 1.807) is 0 Å². The van der Waals surface area contributed by atoms with Crippen molar-refractivity contribution in [2.75, 3.05) is 13.2 Å². The van der Waals surface area contributed by atoms with E-state index in [1.165, 1.54) is 25.7 Å². The van der Waals surface area contributed by atoms with Gasteiger partial charge in [-0.05, 0) is 18.3 Å². The molecule has 0 amide bonds. The van der Waals surface area contributed by atoms with Gasteiger partial charge in [0.25, 0.3) is 0 Å². The first kappa shape index (κ1) is 20.2. The molecule has 0 aliphatic carbocycles. The molecule has 0 aliphatic heterocycles. The molecule has 0 fully saturated rings. The SMILES string of the molecule is C.CCC(CC)COC(CC)OCC(CC)CC. The monoisotopic (exact) mass is 260 g/mol. The van der Waals surface area contributed by atoms with Crippen molar-refractivity contribution in [1.82, 2.24) is 0 Å². The van der Waals surface area contributed by atoms with Crippen LogP contribution < -0.4 is 0 Å². The van der Waals surface area contributed by atoms with Gasteiger partial charge in [-0.3, -0.25) is 0 Å². The predicted molar refractivity (Wildman–Crippen MR) is 80.9 cm³/mol. The summed E-state index contributed by atoms with van der Waals surface area (Å²) in [5, 5.41) is 0. The predicted octanol–water partition coefficient (Wildman–Crippen LogP) is 5.26. The molecule has 0 aromatic carbocycles. The largest absolute Gasteiger partial charge is 0.352 e. The van der Waals surface area contributed by atoms with Crippen LogP contribution in [0.5, 0.6) is 0 Å². The maximum Gasteiger partial charge on any atom is 0.157 e. The number of hydrogen-bond donors (Lipinski definition) is 0. The Kier molecular flexibility index (Phi) is 15.0. The van der Waals surface area contributed by atoms with Crippen molar-refractivity contribution < 1.29 is 9.47 Å². The van der Waals surface area contributed by atoms with Crippen LogP contribution in [-0.4, -0.2) is 19.5 Å². The minimum Gasteiger partial charge on any atom is -0.352 e. The highest BCUT2D eigenvalue weighted by molar-refractivity contribution is 4.56. The van der Waals surface area contributed by atoms with E-state index in [2.05, 4.69) is 34.6 Å². The van der Waals surface area contributed by atoms with Crippen LogP contribution in [0.4, 0.5) is 0 Å². The Labute approximate surface area is 115 Å². The number of rotatable bonds is 11. The maximum atomic E-state index is 5.85. The van der Waals surface area contributed by atoms with Gasteiger partial charge in [0.2, 0.25) is 0 Å². The first-order valence-corrected chi connectivity index (χ1v) is 7.44. The van der Waals surface area contributed by atoms with Crippen molar-refractivity contribution in [3.8, 4) is 0 Å². The van der Waals surface area contributed by atoms with Gasteiger partial charge in [-0.2, -0.15) is 0 Å². The lowest BCUT2D eigenvalue weighted by molar-refractivity contribution is -0.158. The fourth-order valence-electron chi connectivity index (χ4n) is 1.82. The zero-order valence-corrected chi connectivity index (χ0v) is 12.5. The highest BCUT2D eigenvalue weighted by atomic mass is 16.7. The third kappa shape index (κ3) is 8.93. The standard InChI is InChI=1S/C15H32O2.CH4/c1-6-13(7-2)11-16-15(10-5)17-12-14(8-3)9-4;/h13-15H,6-12H2,1-5H3;1H4. The zero-order valence-electron chi connectivity index (χ0n) is 12.5. The summed E-state index contributed by atoms with van der Waals surface area (Å²) in [6.07, 6.45) is 5.72. The molecule has 0 saturated heterocycles. The quantitative estimate of drug-likeness (QED) is 0.471. The summed E-state index contributed by atoms with van der Waals surface area (Å²) >= 11 is 0. The lowest BCUT2D eigenvalue weighted by atomic mass is 10.1. The van der Waals surface area contributed by atoms with Gasteiger partial charge >= 0.3 is 0 Å². The van der Waals surface area contributed by atoms with Crippen LogP contribution in [0, 0.1) is 11.8 Å². The van der Waals surface area contributed by atoms with Gasteiger partial charge in [0.15, 0.2) is 6.29 Å². The Morgan fingerprint density at radius 2 is 0.944 bits per heavy atom. The molecule has 2 nitrogen and oxygen atoms in total. The van der Waals surface area contributed by atoms with Gasteiger partial charge in [-0.25, -0.2) is 0 Å². The topological polar surface area (TPSA) is 18.5 Å². The molecule has 0 aromatic rings. The van der Waals surface area contributed by atoms with Gasteiger partial charge in [0.05, 0.1) is 13.2 Å². The summed E-state index contributed by atoms with van der Waals surface area (Å²) < 4.78 is 11.7. The fraction of sp³-hybridized carbons (Fsp3) is 1.00. The Hall–Kier alpha value is -0.0800. The van der Waals surface area contributed by atoms with Crippen LogP contribution >= 0.6 is 0 Å². The second-order valence-corrected chi connectivity index (χ2v) is 4.87. The molecule has 0 bridgehead atoms. The minimum absolute atomic E-state index is 0. The zero-order chi connectivity index (χ0) is 13.1. The summed E-state index contributed by atoms with van der Waals surface area (Å²) in [6, 6.07) is 0. The summed E-state index contributed by atoms with van der Waals surface area (Å²) in [5.74, 6) is 1.36. The van der Waals surface area contributed by atoms with Gasteiger partial charge in [-0.15, -0.1) is 0 Å². The number of ether oxygens (including phenoxy) is 2. The van der Waals surface area contributed by atoms with Crippen molar-refractivity contribution in [3.63, 3.8) is 0 Å². The maximum absolute atomic E-state index is 5.85. The molecule has 18 heavy (non-hydrogen) atoms. The van der Waals surface area contributed by atoms with E-state index in [4.69, 9.17) is 9.47 Å². The molecular formula is C16H36O2. The Bertz CT molecular complexity index is 135. The van der Waals surface area contributed by atoms with Gasteiger partial charge in [0.1, 0.15) is 0 Å². The van der Waals surface area contributed by atoms with Crippen molar-refractivity contribution in [1.29, 1.82) is 0 Å². The summed E-state index contributed by atoms with van der Waals surface area (Å²) in [4.78, 5) is 0. The molecular weight excluding hydrogens is 224 g/mol. The van der Waals surface area contributed by atoms with E-state index >= 15 is 0 Å². The lowest BCUT2D eigenvalue weighted by Gasteiger charge is -2.22. The average molecular weight is 260 g/mol. The van der Waals surface area contributed by atoms with Crippen molar-refractivity contribution in [2.24, 2.45) is 11.8 Å². The molecule has 0 unspecified atom stereocenters. The van der Waals surface area contributed by atoms with E-state index in [0.29, 0.717) is 11.8 Å². The van der Waals surface area contributed by atoms with E-state index in [0.717, 1.165) is 19.6 Å². The number of hydrogen-bond acceptors (Lipinski definition) is 2. The van der Waals surface area contributed by atoms with Gasteiger partial charge in [0, 0.05) is 0 Å². The van der Waals surface area contributed by atoms with E-state index in [9.17, 15) is 0 Å². The van der Waals surface area contributed by atoms with Crippen LogP contribution in [0.1, 0.15) is 74.1 Å². The fourth-order valence-corrected chi connectivity index (χ4v) is 1.82. The molecule has 112 valence electrons. The van der Waals surface area contributed by atoms with E-state index in [-0.39, 0.29) is 13.7 Å². The van der Waals surface area contributed by atoms with Crippen molar-refractivity contribution >= 4 is 0 Å². The van der Waals surface area contributed by atoms with E-state index in [1.807, 2.05) is 0 Å². The highest BCUT2D eigenvalue weighted by Crippen LogP contribution is 2.14. The molecule has 0 rings (SSSR count). The molecule has 0 aliphatic rings. The van der Waals surface area contributed by atoms with Gasteiger partial charge < -0.3 is 9.47 Å².